The van der Waals surface area contributed by atoms with Gasteiger partial charge in [-0.2, -0.15) is 0 Å². The minimum atomic E-state index is -0.442. The highest BCUT2D eigenvalue weighted by Crippen LogP contribution is 2.42. The number of epoxide rings is 1. The fraction of sp³-hybridized carbons (Fsp3) is 0.136. The van der Waals surface area contributed by atoms with E-state index in [9.17, 15) is 4.79 Å². The average molecular weight is 329 g/mol. The number of benzene rings is 3. The fourth-order valence-corrected chi connectivity index (χ4v) is 2.99. The van der Waals surface area contributed by atoms with Crippen LogP contribution >= 0.6 is 0 Å². The van der Waals surface area contributed by atoms with Crippen LogP contribution in [0.3, 0.4) is 0 Å². The fourth-order valence-electron chi connectivity index (χ4n) is 2.99. The number of rotatable bonds is 4. The highest BCUT2D eigenvalue weighted by atomic mass is 16.6. The summed E-state index contributed by atoms with van der Waals surface area (Å²) >= 11 is 0. The van der Waals surface area contributed by atoms with Crippen LogP contribution in [0.15, 0.2) is 84.9 Å². The number of anilines is 2. The Balaban J connectivity index is 1.62. The number of nitrogens with zero attached hydrogens (tertiary/aromatic N) is 1. The first-order valence-corrected chi connectivity index (χ1v) is 8.40. The van der Waals surface area contributed by atoms with Crippen LogP contribution in [0.1, 0.15) is 17.2 Å². The summed E-state index contributed by atoms with van der Waals surface area (Å²) in [5.74, 6) is -0.0389. The molecule has 0 bridgehead atoms. The van der Waals surface area contributed by atoms with Gasteiger partial charge in [-0.25, -0.2) is 0 Å². The molecule has 0 unspecified atom stereocenters. The van der Waals surface area contributed by atoms with Crippen LogP contribution in [0, 0.1) is 6.92 Å². The Kier molecular flexibility index (Phi) is 4.08. The van der Waals surface area contributed by atoms with Gasteiger partial charge in [0.2, 0.25) is 0 Å². The van der Waals surface area contributed by atoms with Crippen molar-refractivity contribution in [2.24, 2.45) is 0 Å². The maximum absolute atomic E-state index is 13.2. The Morgan fingerprint density at radius 2 is 1.32 bits per heavy atom. The molecule has 0 saturated carbocycles. The highest BCUT2D eigenvalue weighted by Gasteiger charge is 2.48. The Morgan fingerprint density at radius 1 is 0.800 bits per heavy atom. The molecule has 124 valence electrons. The molecule has 25 heavy (non-hydrogen) atoms. The molecule has 3 heteroatoms. The van der Waals surface area contributed by atoms with E-state index < -0.39 is 6.10 Å². The van der Waals surface area contributed by atoms with E-state index in [1.807, 2.05) is 91.9 Å². The third-order valence-electron chi connectivity index (χ3n) is 4.39. The summed E-state index contributed by atoms with van der Waals surface area (Å²) < 4.78 is 5.74. The van der Waals surface area contributed by atoms with Crippen LogP contribution in [0.2, 0.25) is 0 Å². The van der Waals surface area contributed by atoms with Gasteiger partial charge in [0.15, 0.2) is 6.10 Å². The van der Waals surface area contributed by atoms with Crippen LogP contribution in [0.25, 0.3) is 0 Å². The summed E-state index contributed by atoms with van der Waals surface area (Å²) in [6.07, 6.45) is -0.605. The maximum Gasteiger partial charge on any atom is 0.263 e. The zero-order valence-electron chi connectivity index (χ0n) is 14.0. The first-order chi connectivity index (χ1) is 12.2. The smallest absolute Gasteiger partial charge is 0.263 e. The zero-order chi connectivity index (χ0) is 17.2. The number of carbonyl (C=O) groups is 1. The normalized spacial score (nSPS) is 18.6. The summed E-state index contributed by atoms with van der Waals surface area (Å²) in [5.41, 5.74) is 3.93. The van der Waals surface area contributed by atoms with Crippen molar-refractivity contribution in [1.29, 1.82) is 0 Å². The number of hydrogen-bond acceptors (Lipinski definition) is 2. The average Bonchev–Trinajstić information content (AvgIpc) is 3.45. The van der Waals surface area contributed by atoms with Gasteiger partial charge in [0.25, 0.3) is 5.91 Å². The van der Waals surface area contributed by atoms with Crippen molar-refractivity contribution in [3.05, 3.63) is 96.1 Å². The van der Waals surface area contributed by atoms with Crippen molar-refractivity contribution < 1.29 is 9.53 Å². The van der Waals surface area contributed by atoms with Crippen LogP contribution in [0.5, 0.6) is 0 Å². The molecular formula is C22H19NO2. The Labute approximate surface area is 147 Å². The number of hydrogen-bond donors (Lipinski definition) is 0. The van der Waals surface area contributed by atoms with E-state index in [1.165, 1.54) is 5.56 Å². The molecule has 3 aromatic rings. The molecule has 1 amide bonds. The third kappa shape index (κ3) is 3.19. The predicted molar refractivity (Wildman–Crippen MR) is 98.8 cm³/mol. The lowest BCUT2D eigenvalue weighted by atomic mass is 10.1. The Hall–Kier alpha value is -2.91. The van der Waals surface area contributed by atoms with Gasteiger partial charge in [-0.05, 0) is 36.8 Å². The molecule has 1 fully saturated rings. The van der Waals surface area contributed by atoms with Crippen molar-refractivity contribution in [2.75, 3.05) is 4.90 Å². The van der Waals surface area contributed by atoms with Crippen LogP contribution < -0.4 is 4.90 Å². The maximum atomic E-state index is 13.2. The van der Waals surface area contributed by atoms with E-state index in [4.69, 9.17) is 4.74 Å². The van der Waals surface area contributed by atoms with E-state index in [-0.39, 0.29) is 12.0 Å². The van der Waals surface area contributed by atoms with E-state index in [0.29, 0.717) is 0 Å². The first kappa shape index (κ1) is 15.6. The lowest BCUT2D eigenvalue weighted by molar-refractivity contribution is -0.119. The van der Waals surface area contributed by atoms with Gasteiger partial charge in [0.05, 0.1) is 0 Å². The van der Waals surface area contributed by atoms with Gasteiger partial charge in [-0.1, -0.05) is 66.2 Å². The lowest BCUT2D eigenvalue weighted by Crippen LogP contribution is -2.30. The van der Waals surface area contributed by atoms with Crippen molar-refractivity contribution in [3.8, 4) is 0 Å². The number of aryl methyl sites for hydroxylation is 1. The molecule has 0 radical (unpaired) electrons. The quantitative estimate of drug-likeness (QED) is 0.644. The highest BCUT2D eigenvalue weighted by molar-refractivity contribution is 6.04. The summed E-state index contributed by atoms with van der Waals surface area (Å²) in [4.78, 5) is 14.9. The molecule has 0 spiro atoms. The van der Waals surface area contributed by atoms with Crippen molar-refractivity contribution >= 4 is 17.3 Å². The number of carbonyl (C=O) groups excluding carboxylic acids is 1. The molecule has 0 N–H and O–H groups in total. The Bertz CT molecular complexity index is 820. The summed E-state index contributed by atoms with van der Waals surface area (Å²) in [6.45, 7) is 2.05. The second-order valence-electron chi connectivity index (χ2n) is 6.23. The van der Waals surface area contributed by atoms with E-state index in [1.54, 1.807) is 4.90 Å². The second-order valence-corrected chi connectivity index (χ2v) is 6.23. The number of ether oxygens (including phenoxy) is 1. The van der Waals surface area contributed by atoms with Crippen LogP contribution in [-0.4, -0.2) is 12.0 Å². The summed E-state index contributed by atoms with van der Waals surface area (Å²) in [7, 11) is 0. The lowest BCUT2D eigenvalue weighted by Gasteiger charge is -2.22. The molecule has 1 aliphatic rings. The van der Waals surface area contributed by atoms with Crippen molar-refractivity contribution in [1.82, 2.24) is 0 Å². The SMILES string of the molecule is Cc1ccc([C@H]2O[C@@H]2C(=O)N(c2ccccc2)c2ccccc2)cc1. The first-order valence-electron chi connectivity index (χ1n) is 8.40. The molecule has 3 aromatic carbocycles. The van der Waals surface area contributed by atoms with Gasteiger partial charge in [-0.15, -0.1) is 0 Å². The summed E-state index contributed by atoms with van der Waals surface area (Å²) in [6, 6.07) is 27.5. The molecule has 1 heterocycles. The molecule has 1 saturated heterocycles. The third-order valence-corrected chi connectivity index (χ3v) is 4.39. The molecule has 3 nitrogen and oxygen atoms in total. The van der Waals surface area contributed by atoms with Gasteiger partial charge in [0, 0.05) is 11.4 Å². The van der Waals surface area contributed by atoms with Crippen molar-refractivity contribution in [3.63, 3.8) is 0 Å². The van der Waals surface area contributed by atoms with Gasteiger partial charge in [0.1, 0.15) is 6.10 Å². The molecular weight excluding hydrogens is 310 g/mol. The van der Waals surface area contributed by atoms with Crippen molar-refractivity contribution in [2.45, 2.75) is 19.1 Å². The van der Waals surface area contributed by atoms with E-state index in [0.717, 1.165) is 16.9 Å². The monoisotopic (exact) mass is 329 g/mol. The van der Waals surface area contributed by atoms with Gasteiger partial charge < -0.3 is 4.74 Å². The van der Waals surface area contributed by atoms with Gasteiger partial charge in [-0.3, -0.25) is 9.69 Å². The molecule has 4 rings (SSSR count). The number of para-hydroxylation sites is 2. The Morgan fingerprint density at radius 3 is 1.84 bits per heavy atom. The minimum absolute atomic E-state index is 0.0389. The topological polar surface area (TPSA) is 32.8 Å². The summed E-state index contributed by atoms with van der Waals surface area (Å²) in [5, 5.41) is 0. The molecule has 0 aliphatic carbocycles. The predicted octanol–water partition coefficient (Wildman–Crippen LogP) is 4.80. The van der Waals surface area contributed by atoms with E-state index in [2.05, 4.69) is 0 Å². The standard InChI is InChI=1S/C22H19NO2/c1-16-12-14-17(15-13-16)20-21(25-20)22(24)23(18-8-4-2-5-9-18)19-10-6-3-7-11-19/h2-15,20-21H,1H3/t20-,21+/m1/s1. The van der Waals surface area contributed by atoms with Crippen LogP contribution in [-0.2, 0) is 9.53 Å². The molecule has 0 aromatic heterocycles. The van der Waals surface area contributed by atoms with E-state index >= 15 is 0 Å². The molecule has 1 aliphatic heterocycles. The molecule has 2 atom stereocenters. The second kappa shape index (κ2) is 6.54. The van der Waals surface area contributed by atoms with Crippen LogP contribution in [0.4, 0.5) is 11.4 Å². The minimum Gasteiger partial charge on any atom is -0.354 e. The zero-order valence-corrected chi connectivity index (χ0v) is 14.0. The largest absolute Gasteiger partial charge is 0.354 e. The van der Waals surface area contributed by atoms with Gasteiger partial charge >= 0.3 is 0 Å². The number of amides is 1.